The first-order valence-corrected chi connectivity index (χ1v) is 13.0. The first-order valence-electron chi connectivity index (χ1n) is 10.7. The minimum Gasteiger partial charge on any atom is -0.214 e. The summed E-state index contributed by atoms with van der Waals surface area (Å²) < 4.78 is 0. The van der Waals surface area contributed by atoms with E-state index >= 15 is 0 Å². The molecule has 0 saturated heterocycles. The SMILES string of the molecule is BrCCCC[c-]1cccc1.BrCCCC[c-]1cccc1.[Fe+2].[Fe+2].c1cc[cH-]c1.c1cc[cH-]c1. The van der Waals surface area contributed by atoms with Gasteiger partial charge in [-0.1, -0.05) is 57.5 Å². The molecule has 0 spiro atoms. The van der Waals surface area contributed by atoms with Crippen molar-refractivity contribution in [1.82, 2.24) is 0 Å². The average Bonchev–Trinajstić information content (AvgIpc) is 3.59. The van der Waals surface area contributed by atoms with Crippen LogP contribution in [-0.4, -0.2) is 10.7 Å². The Morgan fingerprint density at radius 2 is 0.781 bits per heavy atom. The van der Waals surface area contributed by atoms with Crippen LogP contribution in [0.2, 0.25) is 0 Å². The third-order valence-electron chi connectivity index (χ3n) is 4.27. The molecule has 32 heavy (non-hydrogen) atoms. The predicted molar refractivity (Wildman–Crippen MR) is 142 cm³/mol. The fraction of sp³-hybridized carbons (Fsp3) is 0.286. The third kappa shape index (κ3) is 21.3. The van der Waals surface area contributed by atoms with Gasteiger partial charge in [0.1, 0.15) is 0 Å². The van der Waals surface area contributed by atoms with Crippen molar-refractivity contribution in [3.05, 3.63) is 120 Å². The maximum Gasteiger partial charge on any atom is 2.00 e. The maximum absolute atomic E-state index is 3.41. The molecular weight excluding hydrogens is 608 g/mol. The van der Waals surface area contributed by atoms with Crippen molar-refractivity contribution in [2.24, 2.45) is 0 Å². The Labute approximate surface area is 233 Å². The second-order valence-corrected chi connectivity index (χ2v) is 8.39. The zero-order valence-corrected chi connectivity index (χ0v) is 23.9. The molecule has 4 heteroatoms. The smallest absolute Gasteiger partial charge is 0.214 e. The van der Waals surface area contributed by atoms with E-state index in [1.165, 1.54) is 49.7 Å². The van der Waals surface area contributed by atoms with Crippen molar-refractivity contribution in [3.8, 4) is 0 Å². The largest absolute Gasteiger partial charge is 2.00 e. The van der Waals surface area contributed by atoms with E-state index in [0.29, 0.717) is 0 Å². The minimum absolute atomic E-state index is 0. The molecule has 176 valence electrons. The number of rotatable bonds is 8. The summed E-state index contributed by atoms with van der Waals surface area (Å²) in [6.07, 6.45) is 7.64. The van der Waals surface area contributed by atoms with E-state index < -0.39 is 0 Å². The van der Waals surface area contributed by atoms with E-state index in [-0.39, 0.29) is 34.1 Å². The van der Waals surface area contributed by atoms with Gasteiger partial charge in [-0.15, -0.1) is 0 Å². The Balaban J connectivity index is 0. The van der Waals surface area contributed by atoms with E-state index in [4.69, 9.17) is 0 Å². The van der Waals surface area contributed by atoms with Crippen molar-refractivity contribution in [3.63, 3.8) is 0 Å². The van der Waals surface area contributed by atoms with Crippen LogP contribution in [0.4, 0.5) is 0 Å². The normalized spacial score (nSPS) is 8.81. The molecule has 4 aromatic rings. The molecule has 0 nitrogen and oxygen atoms in total. The van der Waals surface area contributed by atoms with Crippen LogP contribution < -0.4 is 0 Å². The first kappa shape index (κ1) is 33.6. The van der Waals surface area contributed by atoms with E-state index in [2.05, 4.69) is 80.4 Å². The first-order chi connectivity index (χ1) is 14.9. The molecule has 0 aliphatic rings. The van der Waals surface area contributed by atoms with Gasteiger partial charge in [0, 0.05) is 10.7 Å². The van der Waals surface area contributed by atoms with Crippen molar-refractivity contribution >= 4 is 31.9 Å². The number of halogens is 2. The van der Waals surface area contributed by atoms with Gasteiger partial charge in [-0.05, 0) is 12.8 Å². The molecule has 0 unspecified atom stereocenters. The van der Waals surface area contributed by atoms with Gasteiger partial charge in [-0.25, -0.2) is 48.5 Å². The summed E-state index contributed by atoms with van der Waals surface area (Å²) >= 11 is 6.83. The van der Waals surface area contributed by atoms with Crippen LogP contribution in [0.3, 0.4) is 0 Å². The maximum atomic E-state index is 3.41. The van der Waals surface area contributed by atoms with Gasteiger partial charge in [-0.3, -0.25) is 0 Å². The summed E-state index contributed by atoms with van der Waals surface area (Å²) in [6.45, 7) is 0. The second-order valence-electron chi connectivity index (χ2n) is 6.80. The molecule has 0 aromatic heterocycles. The Kier molecular flexibility index (Phi) is 28.0. The summed E-state index contributed by atoms with van der Waals surface area (Å²) in [6, 6.07) is 37.2. The van der Waals surface area contributed by atoms with Gasteiger partial charge in [0.2, 0.25) is 0 Å². The van der Waals surface area contributed by atoms with Gasteiger partial charge >= 0.3 is 34.1 Å². The van der Waals surface area contributed by atoms with Crippen LogP contribution in [0.1, 0.15) is 36.8 Å². The molecule has 0 heterocycles. The van der Waals surface area contributed by atoms with E-state index in [9.17, 15) is 0 Å². The topological polar surface area (TPSA) is 0 Å². The number of hydrogen-bond acceptors (Lipinski definition) is 0. The quantitative estimate of drug-likeness (QED) is 0.0780. The molecule has 0 N–H and O–H groups in total. The van der Waals surface area contributed by atoms with Crippen LogP contribution in [-0.2, 0) is 47.0 Å². The molecule has 4 rings (SSSR count). The number of alkyl halides is 2. The van der Waals surface area contributed by atoms with Crippen LogP contribution in [0.15, 0.2) is 109 Å². The van der Waals surface area contributed by atoms with Crippen molar-refractivity contribution < 1.29 is 34.1 Å². The zero-order valence-electron chi connectivity index (χ0n) is 18.5. The monoisotopic (exact) mass is 640 g/mol. The molecule has 0 saturated carbocycles. The van der Waals surface area contributed by atoms with Crippen LogP contribution in [0, 0.1) is 0 Å². The van der Waals surface area contributed by atoms with E-state index in [0.717, 1.165) is 10.7 Å². The Morgan fingerprint density at radius 1 is 0.469 bits per heavy atom. The fourth-order valence-corrected chi connectivity index (χ4v) is 3.44. The van der Waals surface area contributed by atoms with Gasteiger partial charge < -0.3 is 0 Å². The second kappa shape index (κ2) is 26.6. The van der Waals surface area contributed by atoms with Gasteiger partial charge in [0.15, 0.2) is 0 Å². The third-order valence-corrected chi connectivity index (χ3v) is 5.39. The van der Waals surface area contributed by atoms with Crippen molar-refractivity contribution in [2.75, 3.05) is 10.7 Å². The Morgan fingerprint density at radius 3 is 1.00 bits per heavy atom. The fourth-order valence-electron chi connectivity index (χ4n) is 2.65. The zero-order chi connectivity index (χ0) is 21.5. The molecule has 0 amide bonds. The Hall–Kier alpha value is -0.601. The molecule has 0 fully saturated rings. The number of unbranched alkanes of at least 4 members (excludes halogenated alkanes) is 2. The minimum atomic E-state index is 0. The van der Waals surface area contributed by atoms with Crippen molar-refractivity contribution in [1.29, 1.82) is 0 Å². The number of aryl methyl sites for hydroxylation is 2. The predicted octanol–water partition coefficient (Wildman–Crippen LogP) is 9.05. The van der Waals surface area contributed by atoms with Gasteiger partial charge in [0.25, 0.3) is 0 Å². The summed E-state index contributed by atoms with van der Waals surface area (Å²) in [7, 11) is 0. The van der Waals surface area contributed by atoms with Crippen LogP contribution in [0.25, 0.3) is 0 Å². The van der Waals surface area contributed by atoms with Crippen LogP contribution >= 0.6 is 31.9 Å². The molecule has 0 aliphatic carbocycles. The van der Waals surface area contributed by atoms with E-state index in [1.54, 1.807) is 0 Å². The Bertz CT molecular complexity index is 627. The molecular formula is C28H34Br2Fe2. The molecule has 0 aliphatic heterocycles. The van der Waals surface area contributed by atoms with Gasteiger partial charge in [-0.2, -0.15) is 71.8 Å². The van der Waals surface area contributed by atoms with Gasteiger partial charge in [0.05, 0.1) is 0 Å². The van der Waals surface area contributed by atoms with Crippen molar-refractivity contribution in [2.45, 2.75) is 38.5 Å². The summed E-state index contributed by atoms with van der Waals surface area (Å²) in [5.41, 5.74) is 2.95. The molecule has 4 aromatic carbocycles. The average molecular weight is 642 g/mol. The summed E-state index contributed by atoms with van der Waals surface area (Å²) in [5, 5.41) is 2.27. The van der Waals surface area contributed by atoms with Crippen LogP contribution in [0.5, 0.6) is 0 Å². The standard InChI is InChI=1S/2C9H12Br.2C5H5.2Fe/c2*10-8-4-3-7-9-5-1-2-6-9;2*1-2-4-5-3-1;;/h2*1-2,5-6H,3-4,7-8H2;2*1-5H;;/q4*-1;2*+2. The number of hydrogen-bond donors (Lipinski definition) is 0. The summed E-state index contributed by atoms with van der Waals surface area (Å²) in [5.74, 6) is 0. The molecule has 0 radical (unpaired) electrons. The van der Waals surface area contributed by atoms with E-state index in [1.807, 2.05) is 60.7 Å². The molecule has 0 bridgehead atoms. The summed E-state index contributed by atoms with van der Waals surface area (Å²) in [4.78, 5) is 0. The molecule has 0 atom stereocenters.